The molecule has 1 aromatic carbocycles. The van der Waals surface area contributed by atoms with E-state index in [9.17, 15) is 4.79 Å². The Bertz CT molecular complexity index is 601. The van der Waals surface area contributed by atoms with Crippen LogP contribution in [0, 0.1) is 0 Å². The zero-order chi connectivity index (χ0) is 16.6. The number of benzene rings is 1. The van der Waals surface area contributed by atoms with E-state index in [0.29, 0.717) is 36.5 Å². The van der Waals surface area contributed by atoms with Crippen LogP contribution in [0.5, 0.6) is 0 Å². The summed E-state index contributed by atoms with van der Waals surface area (Å²) in [6.07, 6.45) is 1.38. The van der Waals surface area contributed by atoms with Gasteiger partial charge in [0.2, 0.25) is 0 Å². The number of hydrogen-bond acceptors (Lipinski definition) is 2. The standard InChI is InChI=1S/C13H15ClN4O.N3.Na/c1-13(16-17-15)6-8-18(9-7-13)12(19)10-2-4-11(14)5-3-10;1-3-2;/h2-5H,6-9H2,1H3;;/q;-1;+1. The van der Waals surface area contributed by atoms with E-state index in [0.717, 1.165) is 0 Å². The minimum atomic E-state index is -0.370. The molecule has 0 unspecified atom stereocenters. The van der Waals surface area contributed by atoms with E-state index in [1.165, 1.54) is 4.91 Å². The van der Waals surface area contributed by atoms with Gasteiger partial charge in [0.1, 0.15) is 0 Å². The van der Waals surface area contributed by atoms with Crippen molar-refractivity contribution in [2.75, 3.05) is 13.1 Å². The first-order chi connectivity index (χ1) is 10.5. The predicted molar refractivity (Wildman–Crippen MR) is 84.2 cm³/mol. The SMILES string of the molecule is CC1(N=[N+]=[N-])CCN(C(=O)c2ccc(Cl)cc2)CC1.[N-]=[N+]=[N-].[Na+]. The Morgan fingerprint density at radius 3 is 2.13 bits per heavy atom. The molecule has 0 bridgehead atoms. The molecular formula is C13H15ClN7NaO. The molecule has 116 valence electrons. The second kappa shape index (κ2) is 10.4. The average molecular weight is 344 g/mol. The number of carbonyl (C=O) groups is 1. The molecule has 1 aliphatic heterocycles. The summed E-state index contributed by atoms with van der Waals surface area (Å²) in [6, 6.07) is 6.88. The summed E-state index contributed by atoms with van der Waals surface area (Å²) in [4.78, 5) is 18.4. The summed E-state index contributed by atoms with van der Waals surface area (Å²) in [5, 5.41) is 4.44. The van der Waals surface area contributed by atoms with Crippen molar-refractivity contribution in [3.63, 3.8) is 0 Å². The molecule has 2 rings (SSSR count). The Kier molecular flexibility index (Phi) is 9.76. The number of azide groups is 1. The van der Waals surface area contributed by atoms with Crippen LogP contribution in [0.15, 0.2) is 29.4 Å². The van der Waals surface area contributed by atoms with E-state index in [-0.39, 0.29) is 41.0 Å². The number of piperidine rings is 1. The fourth-order valence-corrected chi connectivity index (χ4v) is 2.30. The smallest absolute Gasteiger partial charge is 0.373 e. The Morgan fingerprint density at radius 1 is 1.22 bits per heavy atom. The maximum atomic E-state index is 12.3. The molecule has 0 aliphatic carbocycles. The Morgan fingerprint density at radius 2 is 1.70 bits per heavy atom. The van der Waals surface area contributed by atoms with E-state index in [1.807, 2.05) is 6.92 Å². The molecule has 1 saturated heterocycles. The van der Waals surface area contributed by atoms with Crippen molar-refractivity contribution in [1.82, 2.24) is 4.90 Å². The van der Waals surface area contributed by atoms with Gasteiger partial charge >= 0.3 is 29.6 Å². The van der Waals surface area contributed by atoms with Crippen LogP contribution in [-0.4, -0.2) is 29.4 Å². The van der Waals surface area contributed by atoms with E-state index < -0.39 is 0 Å². The van der Waals surface area contributed by atoms with Gasteiger partial charge in [-0.25, -0.2) is 0 Å². The van der Waals surface area contributed by atoms with Gasteiger partial charge in [0, 0.05) is 34.1 Å². The fourth-order valence-electron chi connectivity index (χ4n) is 2.17. The maximum absolute atomic E-state index is 12.3. The minimum absolute atomic E-state index is 0. The largest absolute Gasteiger partial charge is 1.00 e. The minimum Gasteiger partial charge on any atom is -0.373 e. The Hall–Kier alpha value is -1.40. The normalized spacial score (nSPS) is 15.0. The molecule has 8 nitrogen and oxygen atoms in total. The molecule has 0 spiro atoms. The third-order valence-electron chi connectivity index (χ3n) is 3.51. The van der Waals surface area contributed by atoms with Gasteiger partial charge in [-0.1, -0.05) is 23.6 Å². The predicted octanol–water partition coefficient (Wildman–Crippen LogP) is 1.52. The van der Waals surface area contributed by atoms with Crippen molar-refractivity contribution in [2.45, 2.75) is 25.3 Å². The molecule has 1 heterocycles. The van der Waals surface area contributed by atoms with Crippen LogP contribution in [0.2, 0.25) is 5.02 Å². The second-order valence-corrected chi connectivity index (χ2v) is 5.51. The quantitative estimate of drug-likeness (QED) is 0.343. The van der Waals surface area contributed by atoms with Gasteiger partial charge in [-0.05, 0) is 42.6 Å². The number of hydrogen-bond donors (Lipinski definition) is 0. The maximum Gasteiger partial charge on any atom is 1.00 e. The molecule has 1 amide bonds. The average Bonchev–Trinajstić information content (AvgIpc) is 2.49. The van der Waals surface area contributed by atoms with Gasteiger partial charge in [0.25, 0.3) is 5.91 Å². The number of likely N-dealkylation sites (tertiary alicyclic amines) is 1. The third-order valence-corrected chi connectivity index (χ3v) is 3.76. The summed E-state index contributed by atoms with van der Waals surface area (Å²) < 4.78 is 0. The van der Waals surface area contributed by atoms with Crippen molar-refractivity contribution in [3.05, 3.63) is 61.3 Å². The number of carbonyl (C=O) groups excluding carboxylic acids is 1. The van der Waals surface area contributed by atoms with E-state index in [4.69, 9.17) is 28.2 Å². The van der Waals surface area contributed by atoms with Crippen LogP contribution in [0.25, 0.3) is 26.4 Å². The first-order valence-corrected chi connectivity index (χ1v) is 6.93. The molecular weight excluding hydrogens is 329 g/mol. The van der Waals surface area contributed by atoms with Crippen molar-refractivity contribution in [2.24, 2.45) is 5.11 Å². The fraction of sp³-hybridized carbons (Fsp3) is 0.462. The van der Waals surface area contributed by atoms with Crippen LogP contribution in [0.3, 0.4) is 0 Å². The Balaban J connectivity index is 0.00000112. The Labute approximate surface area is 161 Å². The summed E-state index contributed by atoms with van der Waals surface area (Å²) >= 11 is 5.80. The van der Waals surface area contributed by atoms with Gasteiger partial charge in [0.05, 0.1) is 0 Å². The molecule has 23 heavy (non-hydrogen) atoms. The summed E-state index contributed by atoms with van der Waals surface area (Å²) in [5.74, 6) is -0.000320. The monoisotopic (exact) mass is 343 g/mol. The zero-order valence-corrected chi connectivity index (χ0v) is 15.8. The van der Waals surface area contributed by atoms with Gasteiger partial charge in [-0.3, -0.25) is 9.71 Å². The number of amides is 1. The first-order valence-electron chi connectivity index (χ1n) is 6.55. The molecule has 0 atom stereocenters. The molecule has 0 saturated carbocycles. The van der Waals surface area contributed by atoms with Crippen molar-refractivity contribution in [1.29, 1.82) is 0 Å². The van der Waals surface area contributed by atoms with E-state index >= 15 is 0 Å². The first kappa shape index (κ1) is 21.6. The van der Waals surface area contributed by atoms with E-state index in [1.54, 1.807) is 29.2 Å². The topological polar surface area (TPSA) is 128 Å². The van der Waals surface area contributed by atoms with Crippen LogP contribution in [-0.2, 0) is 0 Å². The van der Waals surface area contributed by atoms with Gasteiger partial charge in [-0.2, -0.15) is 0 Å². The van der Waals surface area contributed by atoms with E-state index in [2.05, 4.69) is 10.0 Å². The van der Waals surface area contributed by atoms with Gasteiger partial charge < -0.3 is 16.0 Å². The molecule has 0 aromatic heterocycles. The summed E-state index contributed by atoms with van der Waals surface area (Å²) in [6.45, 7) is 3.14. The molecule has 10 heteroatoms. The molecule has 1 fully saturated rings. The number of halogens is 1. The van der Waals surface area contributed by atoms with Crippen molar-refractivity contribution >= 4 is 17.5 Å². The summed E-state index contributed by atoms with van der Waals surface area (Å²) in [5.41, 5.74) is 22.3. The van der Waals surface area contributed by atoms with Crippen LogP contribution in [0.1, 0.15) is 30.1 Å². The van der Waals surface area contributed by atoms with Crippen LogP contribution >= 0.6 is 11.6 Å². The third kappa shape index (κ3) is 6.71. The number of rotatable bonds is 2. The number of nitrogens with zero attached hydrogens (tertiary/aromatic N) is 7. The molecule has 1 aliphatic rings. The van der Waals surface area contributed by atoms with Crippen molar-refractivity contribution in [3.8, 4) is 0 Å². The molecule has 1 aromatic rings. The van der Waals surface area contributed by atoms with Gasteiger partial charge in [-0.15, -0.1) is 0 Å². The summed E-state index contributed by atoms with van der Waals surface area (Å²) in [7, 11) is 0. The molecule has 0 radical (unpaired) electrons. The van der Waals surface area contributed by atoms with Crippen LogP contribution in [0.4, 0.5) is 0 Å². The zero-order valence-electron chi connectivity index (χ0n) is 13.1. The van der Waals surface area contributed by atoms with Crippen molar-refractivity contribution < 1.29 is 34.4 Å². The second-order valence-electron chi connectivity index (χ2n) is 5.07. The van der Waals surface area contributed by atoms with Gasteiger partial charge in [0.15, 0.2) is 0 Å². The van der Waals surface area contributed by atoms with Crippen LogP contribution < -0.4 is 29.6 Å². The molecule has 0 N–H and O–H groups in total.